The third-order valence-corrected chi connectivity index (χ3v) is 5.53. The van der Waals surface area contributed by atoms with Crippen LogP contribution < -0.4 is 16.0 Å². The maximum Gasteiger partial charge on any atom is 0.243 e. The van der Waals surface area contributed by atoms with Crippen LogP contribution in [0.25, 0.3) is 16.8 Å². The quantitative estimate of drug-likeness (QED) is 0.508. The van der Waals surface area contributed by atoms with E-state index in [4.69, 9.17) is 10.7 Å². The summed E-state index contributed by atoms with van der Waals surface area (Å²) in [7, 11) is 0. The second-order valence-electron chi connectivity index (χ2n) is 7.67. The number of rotatable bonds is 4. The van der Waals surface area contributed by atoms with Crippen LogP contribution in [0, 0.1) is 6.92 Å². The van der Waals surface area contributed by atoms with E-state index < -0.39 is 0 Å². The van der Waals surface area contributed by atoms with Crippen molar-refractivity contribution < 1.29 is 0 Å². The van der Waals surface area contributed by atoms with Gasteiger partial charge in [-0.15, -0.1) is 5.10 Å². The number of hydrogen-bond acceptors (Lipinski definition) is 7. The molecule has 1 aliphatic rings. The second-order valence-corrected chi connectivity index (χ2v) is 7.67. The molecule has 8 heteroatoms. The Morgan fingerprint density at radius 1 is 1.07 bits per heavy atom. The van der Waals surface area contributed by atoms with Crippen molar-refractivity contribution in [1.82, 2.24) is 24.6 Å². The van der Waals surface area contributed by atoms with E-state index in [9.17, 15) is 0 Å². The van der Waals surface area contributed by atoms with Crippen molar-refractivity contribution in [1.29, 1.82) is 0 Å². The molecule has 0 amide bonds. The number of nitrogens with zero attached hydrogens (tertiary/aromatic N) is 6. The van der Waals surface area contributed by atoms with E-state index in [1.165, 1.54) is 0 Å². The number of nitrogens with one attached hydrogen (secondary N) is 1. The van der Waals surface area contributed by atoms with Gasteiger partial charge in [0.2, 0.25) is 5.95 Å². The molecule has 3 aromatic heterocycles. The molecule has 0 spiro atoms. The number of piperidine rings is 1. The Hall–Kier alpha value is -3.68. The monoisotopic (exact) mass is 400 g/mol. The number of hydrogen-bond donors (Lipinski definition) is 2. The van der Waals surface area contributed by atoms with E-state index in [2.05, 4.69) is 31.3 Å². The minimum atomic E-state index is 0.335. The molecule has 0 unspecified atom stereocenters. The summed E-state index contributed by atoms with van der Waals surface area (Å²) >= 11 is 0. The molecule has 0 saturated carbocycles. The van der Waals surface area contributed by atoms with Crippen LogP contribution in [0.15, 0.2) is 55.0 Å². The lowest BCUT2D eigenvalue weighted by atomic mass is 10.1. The number of aromatic nitrogens is 5. The molecule has 8 nitrogen and oxygen atoms in total. The highest BCUT2D eigenvalue weighted by Gasteiger charge is 2.21. The van der Waals surface area contributed by atoms with Gasteiger partial charge >= 0.3 is 0 Å². The molecular weight excluding hydrogens is 376 g/mol. The Labute approximate surface area is 174 Å². The highest BCUT2D eigenvalue weighted by molar-refractivity contribution is 5.78. The summed E-state index contributed by atoms with van der Waals surface area (Å²) in [6.45, 7) is 3.88. The summed E-state index contributed by atoms with van der Waals surface area (Å²) in [6.07, 6.45) is 5.56. The van der Waals surface area contributed by atoms with Gasteiger partial charge in [-0.25, -0.2) is 14.5 Å². The first-order valence-corrected chi connectivity index (χ1v) is 10.2. The van der Waals surface area contributed by atoms with Crippen molar-refractivity contribution in [2.45, 2.75) is 25.8 Å². The molecule has 5 rings (SSSR count). The SMILES string of the molecule is Cc1cc(N2CCC(Nc3nc4c(-c5ccc(N)cc5)cccn4n3)CC2)ncn1. The van der Waals surface area contributed by atoms with Gasteiger partial charge in [-0.05, 0) is 49.6 Å². The van der Waals surface area contributed by atoms with Crippen LogP contribution in [-0.4, -0.2) is 43.7 Å². The van der Waals surface area contributed by atoms with E-state index in [1.54, 1.807) is 6.33 Å². The van der Waals surface area contributed by atoms with Crippen molar-refractivity contribution in [3.63, 3.8) is 0 Å². The normalized spacial score (nSPS) is 14.9. The van der Waals surface area contributed by atoms with Crippen LogP contribution in [0.3, 0.4) is 0 Å². The Bertz CT molecular complexity index is 1160. The zero-order chi connectivity index (χ0) is 20.5. The Morgan fingerprint density at radius 2 is 1.87 bits per heavy atom. The van der Waals surface area contributed by atoms with E-state index in [0.717, 1.165) is 59.9 Å². The van der Waals surface area contributed by atoms with Crippen molar-refractivity contribution in [3.05, 3.63) is 60.7 Å². The zero-order valence-corrected chi connectivity index (χ0v) is 16.9. The number of nitrogen functional groups attached to an aromatic ring is 1. The lowest BCUT2D eigenvalue weighted by molar-refractivity contribution is 0.520. The fraction of sp³-hybridized carbons (Fsp3) is 0.273. The van der Waals surface area contributed by atoms with Gasteiger partial charge in [0.05, 0.1) is 0 Å². The van der Waals surface area contributed by atoms with Crippen molar-refractivity contribution in [3.8, 4) is 11.1 Å². The summed E-state index contributed by atoms with van der Waals surface area (Å²) in [6, 6.07) is 14.2. The smallest absolute Gasteiger partial charge is 0.243 e. The van der Waals surface area contributed by atoms with Crippen LogP contribution >= 0.6 is 0 Å². The van der Waals surface area contributed by atoms with E-state index in [1.807, 2.05) is 54.0 Å². The molecule has 1 aromatic carbocycles. The topological polar surface area (TPSA) is 97.3 Å². The van der Waals surface area contributed by atoms with E-state index >= 15 is 0 Å². The summed E-state index contributed by atoms with van der Waals surface area (Å²) in [5.74, 6) is 1.66. The van der Waals surface area contributed by atoms with E-state index in [0.29, 0.717) is 12.0 Å². The first-order chi connectivity index (χ1) is 14.7. The Kier molecular flexibility index (Phi) is 4.66. The van der Waals surface area contributed by atoms with Gasteiger partial charge in [0.15, 0.2) is 5.65 Å². The number of nitrogens with two attached hydrogens (primary N) is 1. The third kappa shape index (κ3) is 3.63. The first kappa shape index (κ1) is 18.4. The molecule has 4 aromatic rings. The predicted molar refractivity (Wildman–Crippen MR) is 118 cm³/mol. The molecule has 0 radical (unpaired) electrons. The number of aryl methyl sites for hydroxylation is 1. The number of fused-ring (bicyclic) bond motifs is 1. The molecule has 0 atom stereocenters. The highest BCUT2D eigenvalue weighted by atomic mass is 15.4. The van der Waals surface area contributed by atoms with Gasteiger partial charge in [0.1, 0.15) is 12.1 Å². The van der Waals surface area contributed by atoms with Crippen LogP contribution in [0.4, 0.5) is 17.5 Å². The lowest BCUT2D eigenvalue weighted by Gasteiger charge is -2.32. The third-order valence-electron chi connectivity index (χ3n) is 5.53. The molecule has 152 valence electrons. The van der Waals surface area contributed by atoms with Gasteiger partial charge < -0.3 is 16.0 Å². The van der Waals surface area contributed by atoms with Gasteiger partial charge in [0.25, 0.3) is 0 Å². The van der Waals surface area contributed by atoms with Crippen molar-refractivity contribution >= 4 is 23.1 Å². The summed E-state index contributed by atoms with van der Waals surface area (Å²) in [5.41, 5.74) is 10.5. The number of benzene rings is 1. The number of anilines is 3. The molecule has 30 heavy (non-hydrogen) atoms. The van der Waals surface area contributed by atoms with Crippen molar-refractivity contribution in [2.75, 3.05) is 29.0 Å². The summed E-state index contributed by atoms with van der Waals surface area (Å²) < 4.78 is 1.83. The lowest BCUT2D eigenvalue weighted by Crippen LogP contribution is -2.39. The maximum absolute atomic E-state index is 5.83. The van der Waals surface area contributed by atoms with Crippen molar-refractivity contribution in [2.24, 2.45) is 0 Å². The van der Waals surface area contributed by atoms with Crippen LogP contribution in [0.5, 0.6) is 0 Å². The Morgan fingerprint density at radius 3 is 2.63 bits per heavy atom. The van der Waals surface area contributed by atoms with E-state index in [-0.39, 0.29) is 0 Å². The van der Waals surface area contributed by atoms with Gasteiger partial charge in [-0.2, -0.15) is 4.98 Å². The highest BCUT2D eigenvalue weighted by Crippen LogP contribution is 2.26. The first-order valence-electron chi connectivity index (χ1n) is 10.2. The molecule has 1 fully saturated rings. The average molecular weight is 400 g/mol. The molecule has 0 bridgehead atoms. The predicted octanol–water partition coefficient (Wildman–Crippen LogP) is 3.16. The molecule has 1 aliphatic heterocycles. The fourth-order valence-electron chi connectivity index (χ4n) is 3.90. The minimum absolute atomic E-state index is 0.335. The summed E-state index contributed by atoms with van der Waals surface area (Å²) in [4.78, 5) is 15.7. The minimum Gasteiger partial charge on any atom is -0.399 e. The maximum atomic E-state index is 5.83. The average Bonchev–Trinajstić information content (AvgIpc) is 3.17. The van der Waals surface area contributed by atoms with Gasteiger partial charge in [0, 0.05) is 48.3 Å². The molecule has 3 N–H and O–H groups in total. The second kappa shape index (κ2) is 7.62. The molecular formula is C22H24N8. The van der Waals surface area contributed by atoms with Crippen LogP contribution in [0.1, 0.15) is 18.5 Å². The van der Waals surface area contributed by atoms with Gasteiger partial charge in [-0.1, -0.05) is 12.1 Å². The van der Waals surface area contributed by atoms with Crippen LogP contribution in [0.2, 0.25) is 0 Å². The fourth-order valence-corrected chi connectivity index (χ4v) is 3.90. The molecule has 4 heterocycles. The molecule has 1 saturated heterocycles. The van der Waals surface area contributed by atoms with Crippen LogP contribution in [-0.2, 0) is 0 Å². The number of pyridine rings is 1. The zero-order valence-electron chi connectivity index (χ0n) is 16.9. The molecule has 0 aliphatic carbocycles. The standard InChI is InChI=1S/C22H24N8/c1-15-13-20(25-14-24-15)29-11-8-18(9-12-29)26-22-27-21-19(3-2-10-30(21)28-22)16-4-6-17(23)7-5-16/h2-7,10,13-14,18H,8-9,11-12,23H2,1H3,(H,26,28). The largest absolute Gasteiger partial charge is 0.399 e. The van der Waals surface area contributed by atoms with Gasteiger partial charge in [-0.3, -0.25) is 0 Å². The Balaban J connectivity index is 1.31. The summed E-state index contributed by atoms with van der Waals surface area (Å²) in [5, 5.41) is 8.15.